The third-order valence-electron chi connectivity index (χ3n) is 13.0. The zero-order chi connectivity index (χ0) is 40.8. The van der Waals surface area contributed by atoms with E-state index in [0.29, 0.717) is 17.5 Å². The van der Waals surface area contributed by atoms with Crippen molar-refractivity contribution in [2.45, 2.75) is 5.41 Å². The molecule has 11 aromatic rings. The summed E-state index contributed by atoms with van der Waals surface area (Å²) in [5.41, 5.74) is 11.6. The Hall–Kier alpha value is -8.21. The van der Waals surface area contributed by atoms with E-state index in [1.54, 1.807) is 0 Å². The highest BCUT2D eigenvalue weighted by molar-refractivity contribution is 6.25. The van der Waals surface area contributed by atoms with Crippen LogP contribution >= 0.6 is 0 Å². The van der Waals surface area contributed by atoms with Crippen molar-refractivity contribution in [2.75, 3.05) is 0 Å². The molecule has 0 bridgehead atoms. The van der Waals surface area contributed by atoms with Crippen LogP contribution in [-0.4, -0.2) is 15.0 Å². The van der Waals surface area contributed by atoms with Crippen LogP contribution in [0.1, 0.15) is 22.3 Å². The van der Waals surface area contributed by atoms with Crippen LogP contribution in [0.3, 0.4) is 0 Å². The summed E-state index contributed by atoms with van der Waals surface area (Å²) in [6, 6.07) is 75.5. The minimum atomic E-state index is -0.544. The molecule has 0 fully saturated rings. The van der Waals surface area contributed by atoms with Gasteiger partial charge in [0.2, 0.25) is 0 Å². The number of aromatic nitrogens is 3. The maximum Gasteiger partial charge on any atom is 0.164 e. The monoisotopic (exact) mass is 789 g/mol. The summed E-state index contributed by atoms with van der Waals surface area (Å²) in [6.45, 7) is 0. The molecule has 288 valence electrons. The highest BCUT2D eigenvalue weighted by Crippen LogP contribution is 2.62. The molecule has 1 spiro atoms. The summed E-state index contributed by atoms with van der Waals surface area (Å²) in [7, 11) is 0. The summed E-state index contributed by atoms with van der Waals surface area (Å²) in [5, 5.41) is 7.53. The number of ether oxygens (including phenoxy) is 1. The maximum atomic E-state index is 6.86. The Morgan fingerprint density at radius 2 is 0.726 bits per heavy atom. The van der Waals surface area contributed by atoms with Crippen LogP contribution in [0.4, 0.5) is 0 Å². The molecule has 0 amide bonds. The Balaban J connectivity index is 0.968. The number of benzene rings is 10. The fourth-order valence-electron chi connectivity index (χ4n) is 10.3. The Morgan fingerprint density at radius 1 is 0.274 bits per heavy atom. The first-order valence-corrected chi connectivity index (χ1v) is 21.1. The molecule has 0 saturated heterocycles. The standard InChI is InChI=1S/C58H35N3O/c1-2-15-36(16-3-1)55-59-56(39-18-14-17-37(33-39)38-29-31-45-43-21-5-4-19-41(43)42-20-6-7-22-44(42)48(45)34-38)61-57(60-55)40-30-32-52-54(35-40)62-53-28-13-12-27-51(53)58(52)49-25-10-8-23-46(49)47-24-9-11-26-50(47)58/h1-35H. The van der Waals surface area contributed by atoms with Gasteiger partial charge in [0.25, 0.3) is 0 Å². The first-order valence-electron chi connectivity index (χ1n) is 21.1. The molecule has 4 nitrogen and oxygen atoms in total. The first kappa shape index (κ1) is 34.6. The summed E-state index contributed by atoms with van der Waals surface area (Å²) in [4.78, 5) is 15.5. The van der Waals surface area contributed by atoms with Crippen LogP contribution in [0.15, 0.2) is 212 Å². The van der Waals surface area contributed by atoms with Crippen molar-refractivity contribution in [2.24, 2.45) is 0 Å². The van der Waals surface area contributed by atoms with Crippen molar-refractivity contribution < 1.29 is 4.74 Å². The minimum absolute atomic E-state index is 0.544. The summed E-state index contributed by atoms with van der Waals surface area (Å²) in [6.07, 6.45) is 0. The SMILES string of the molecule is c1ccc(-c2nc(-c3cccc(-c4ccc5c6ccccc6c6ccccc6c5c4)c3)nc(-c3ccc4c(c3)Oc3ccccc3C43c4ccccc4-c4ccccc43)n2)cc1. The van der Waals surface area contributed by atoms with E-state index in [-0.39, 0.29) is 0 Å². The predicted octanol–water partition coefficient (Wildman–Crippen LogP) is 14.5. The second kappa shape index (κ2) is 13.4. The Labute approximate surface area is 358 Å². The lowest BCUT2D eigenvalue weighted by Gasteiger charge is -2.39. The quantitative estimate of drug-likeness (QED) is 0.167. The van der Waals surface area contributed by atoms with Crippen molar-refractivity contribution >= 4 is 32.3 Å². The van der Waals surface area contributed by atoms with E-state index in [4.69, 9.17) is 19.7 Å². The van der Waals surface area contributed by atoms with Crippen LogP contribution in [-0.2, 0) is 5.41 Å². The van der Waals surface area contributed by atoms with Crippen LogP contribution < -0.4 is 4.74 Å². The van der Waals surface area contributed by atoms with Gasteiger partial charge in [-0.1, -0.05) is 188 Å². The fourth-order valence-corrected chi connectivity index (χ4v) is 10.3. The number of hydrogen-bond acceptors (Lipinski definition) is 4. The summed E-state index contributed by atoms with van der Waals surface area (Å²) in [5.74, 6) is 3.42. The zero-order valence-corrected chi connectivity index (χ0v) is 33.5. The minimum Gasteiger partial charge on any atom is -0.457 e. The van der Waals surface area contributed by atoms with Gasteiger partial charge in [-0.15, -0.1) is 0 Å². The molecular weight excluding hydrogens is 755 g/mol. The molecule has 0 unspecified atom stereocenters. The molecule has 62 heavy (non-hydrogen) atoms. The second-order valence-corrected chi connectivity index (χ2v) is 16.3. The normalized spacial score (nSPS) is 13.1. The van der Waals surface area contributed by atoms with Gasteiger partial charge in [0.05, 0.1) is 5.41 Å². The molecule has 1 aliphatic heterocycles. The second-order valence-electron chi connectivity index (χ2n) is 16.3. The van der Waals surface area contributed by atoms with Gasteiger partial charge in [0.15, 0.2) is 17.5 Å². The van der Waals surface area contributed by atoms with E-state index >= 15 is 0 Å². The topological polar surface area (TPSA) is 47.9 Å². The third-order valence-corrected chi connectivity index (χ3v) is 13.0. The van der Waals surface area contributed by atoms with Gasteiger partial charge in [0.1, 0.15) is 11.5 Å². The van der Waals surface area contributed by atoms with Gasteiger partial charge >= 0.3 is 0 Å². The first-order chi connectivity index (χ1) is 30.7. The Kier molecular flexibility index (Phi) is 7.49. The van der Waals surface area contributed by atoms with E-state index in [0.717, 1.165) is 50.4 Å². The molecule has 0 N–H and O–H groups in total. The lowest BCUT2D eigenvalue weighted by atomic mass is 9.66. The highest BCUT2D eigenvalue weighted by Gasteiger charge is 2.51. The van der Waals surface area contributed by atoms with Crippen molar-refractivity contribution in [3.8, 4) is 67.9 Å². The molecular formula is C58H35N3O. The molecule has 13 rings (SSSR count). The van der Waals surface area contributed by atoms with E-state index in [2.05, 4.69) is 182 Å². The molecule has 0 atom stereocenters. The maximum absolute atomic E-state index is 6.86. The van der Waals surface area contributed by atoms with Crippen LogP contribution in [0.5, 0.6) is 11.5 Å². The summed E-state index contributed by atoms with van der Waals surface area (Å²) >= 11 is 0. The van der Waals surface area contributed by atoms with E-state index in [1.807, 2.05) is 30.3 Å². The van der Waals surface area contributed by atoms with Gasteiger partial charge in [0, 0.05) is 27.8 Å². The smallest absolute Gasteiger partial charge is 0.164 e. The molecule has 1 aliphatic carbocycles. The molecule has 2 heterocycles. The van der Waals surface area contributed by atoms with Crippen LogP contribution in [0.25, 0.3) is 88.7 Å². The van der Waals surface area contributed by atoms with Crippen molar-refractivity contribution in [1.29, 1.82) is 0 Å². The van der Waals surface area contributed by atoms with Gasteiger partial charge in [-0.3, -0.25) is 0 Å². The van der Waals surface area contributed by atoms with Crippen LogP contribution in [0, 0.1) is 0 Å². The Morgan fingerprint density at radius 3 is 1.40 bits per heavy atom. The highest BCUT2D eigenvalue weighted by atomic mass is 16.5. The van der Waals surface area contributed by atoms with Crippen molar-refractivity contribution in [3.63, 3.8) is 0 Å². The third kappa shape index (κ3) is 5.04. The van der Waals surface area contributed by atoms with Gasteiger partial charge in [-0.2, -0.15) is 0 Å². The van der Waals surface area contributed by atoms with Gasteiger partial charge < -0.3 is 4.74 Å². The van der Waals surface area contributed by atoms with Gasteiger partial charge in [-0.05, 0) is 90.0 Å². The predicted molar refractivity (Wildman–Crippen MR) is 251 cm³/mol. The van der Waals surface area contributed by atoms with Crippen LogP contribution in [0.2, 0.25) is 0 Å². The van der Waals surface area contributed by atoms with E-state index in [9.17, 15) is 0 Å². The number of nitrogens with zero attached hydrogens (tertiary/aromatic N) is 3. The Bertz CT molecular complexity index is 3550. The number of para-hydroxylation sites is 1. The van der Waals surface area contributed by atoms with E-state index in [1.165, 1.54) is 54.6 Å². The lowest BCUT2D eigenvalue weighted by Crippen LogP contribution is -2.32. The molecule has 1 aromatic heterocycles. The van der Waals surface area contributed by atoms with Crippen molar-refractivity contribution in [3.05, 3.63) is 235 Å². The zero-order valence-electron chi connectivity index (χ0n) is 33.5. The van der Waals surface area contributed by atoms with E-state index < -0.39 is 5.41 Å². The number of rotatable bonds is 4. The summed E-state index contributed by atoms with van der Waals surface area (Å²) < 4.78 is 6.86. The van der Waals surface area contributed by atoms with Crippen molar-refractivity contribution in [1.82, 2.24) is 15.0 Å². The number of fused-ring (bicyclic) bond motifs is 15. The van der Waals surface area contributed by atoms with Gasteiger partial charge in [-0.25, -0.2) is 15.0 Å². The fraction of sp³-hybridized carbons (Fsp3) is 0.0172. The lowest BCUT2D eigenvalue weighted by molar-refractivity contribution is 0.436. The molecule has 0 radical (unpaired) electrons. The largest absolute Gasteiger partial charge is 0.457 e. The average Bonchev–Trinajstić information content (AvgIpc) is 3.64. The number of hydrogen-bond donors (Lipinski definition) is 0. The molecule has 2 aliphatic rings. The average molecular weight is 790 g/mol. The molecule has 10 aromatic carbocycles. The molecule has 0 saturated carbocycles. The molecule has 4 heteroatoms.